The molecule has 9 heteroatoms. The average molecular weight is 1140 g/mol. The van der Waals surface area contributed by atoms with Crippen LogP contribution < -0.4 is 10.2 Å². The molecule has 0 radical (unpaired) electrons. The van der Waals surface area contributed by atoms with Gasteiger partial charge in [0.15, 0.2) is 0 Å². The maximum atomic E-state index is 13.0. The predicted octanol–water partition coefficient (Wildman–Crippen LogP) is 20.7. The number of rotatable bonds is 61. The zero-order valence-electron chi connectivity index (χ0n) is 53.0. The van der Waals surface area contributed by atoms with Crippen LogP contribution >= 0.6 is 7.82 Å². The van der Waals surface area contributed by atoms with Gasteiger partial charge in [-0.3, -0.25) is 9.36 Å². The van der Waals surface area contributed by atoms with Gasteiger partial charge in [0.25, 0.3) is 7.82 Å². The summed E-state index contributed by atoms with van der Waals surface area (Å²) in [5.41, 5.74) is 0. The molecule has 0 rings (SSSR count). The summed E-state index contributed by atoms with van der Waals surface area (Å²) in [5.74, 6) is -0.207. The molecule has 0 aromatic rings. The number of quaternary nitrogens is 1. The molecule has 2 N–H and O–H groups in total. The lowest BCUT2D eigenvalue weighted by Gasteiger charge is -2.30. The Morgan fingerprint density at radius 2 is 0.762 bits per heavy atom. The van der Waals surface area contributed by atoms with Crippen LogP contribution in [0.4, 0.5) is 0 Å². The SMILES string of the molecule is CC/C=C\C/C=C\C/C=C\C/C=C\C/C=C\C/C=C\C/C=C\C/C=C\CCCCC(=O)NC(COP(=O)([O-])OCC[N+](C)(C)C)C(O)CCCCCCCCCCCCCCCCCCCCCCCCCCCCCCCCC. The number of aliphatic hydroxyl groups excluding tert-OH is 1. The van der Waals surface area contributed by atoms with Crippen LogP contribution in [0.3, 0.4) is 0 Å². The number of carbonyl (C=O) groups is 1. The predicted molar refractivity (Wildman–Crippen MR) is 348 cm³/mol. The van der Waals surface area contributed by atoms with Crippen molar-refractivity contribution in [1.82, 2.24) is 5.32 Å². The lowest BCUT2D eigenvalue weighted by molar-refractivity contribution is -0.870. The van der Waals surface area contributed by atoms with Crippen molar-refractivity contribution in [3.05, 3.63) is 97.2 Å². The number of hydrogen-bond donors (Lipinski definition) is 2. The van der Waals surface area contributed by atoms with E-state index in [1.807, 2.05) is 21.1 Å². The number of hydrogen-bond acceptors (Lipinski definition) is 6. The lowest BCUT2D eigenvalue weighted by atomic mass is 10.0. The van der Waals surface area contributed by atoms with Crippen molar-refractivity contribution in [2.45, 2.75) is 309 Å². The Hall–Kier alpha value is -2.58. The first-order valence-corrected chi connectivity index (χ1v) is 35.0. The molecule has 0 aliphatic rings. The summed E-state index contributed by atoms with van der Waals surface area (Å²) in [6.45, 7) is 4.60. The van der Waals surface area contributed by atoms with Gasteiger partial charge in [0.1, 0.15) is 13.2 Å². The third kappa shape index (κ3) is 63.0. The Labute approximate surface area is 496 Å². The van der Waals surface area contributed by atoms with E-state index in [4.69, 9.17) is 9.05 Å². The van der Waals surface area contributed by atoms with Crippen LogP contribution in [0.1, 0.15) is 296 Å². The monoisotopic (exact) mass is 1140 g/mol. The molecule has 0 fully saturated rings. The number of nitrogens with zero attached hydrogens (tertiary/aromatic N) is 1. The van der Waals surface area contributed by atoms with Crippen molar-refractivity contribution < 1.29 is 32.9 Å². The van der Waals surface area contributed by atoms with Gasteiger partial charge in [-0.05, 0) is 77.0 Å². The fourth-order valence-electron chi connectivity index (χ4n) is 9.65. The van der Waals surface area contributed by atoms with Crippen LogP contribution in [-0.4, -0.2) is 68.5 Å². The molecule has 8 nitrogen and oxygen atoms in total. The minimum Gasteiger partial charge on any atom is -0.756 e. The minimum absolute atomic E-state index is 0.00139. The highest BCUT2D eigenvalue weighted by molar-refractivity contribution is 7.45. The summed E-state index contributed by atoms with van der Waals surface area (Å²) in [7, 11) is 1.27. The number of phosphoric ester groups is 1. The second-order valence-corrected chi connectivity index (χ2v) is 25.2. The molecule has 0 saturated carbocycles. The largest absolute Gasteiger partial charge is 0.756 e. The van der Waals surface area contributed by atoms with Crippen LogP contribution in [0.2, 0.25) is 0 Å². The summed E-state index contributed by atoms with van der Waals surface area (Å²) in [6, 6.07) is -0.833. The van der Waals surface area contributed by atoms with Gasteiger partial charge in [0.2, 0.25) is 5.91 Å². The molecule has 0 aliphatic carbocycles. The van der Waals surface area contributed by atoms with E-state index in [-0.39, 0.29) is 19.1 Å². The molecule has 1 amide bonds. The Balaban J connectivity index is 4.16. The Morgan fingerprint density at radius 1 is 0.450 bits per heavy atom. The van der Waals surface area contributed by atoms with Gasteiger partial charge in [-0.1, -0.05) is 310 Å². The van der Waals surface area contributed by atoms with Crippen molar-refractivity contribution in [2.75, 3.05) is 40.9 Å². The summed E-state index contributed by atoms with van der Waals surface area (Å²) in [6.07, 6.45) is 87.7. The number of nitrogens with one attached hydrogen (secondary N) is 1. The smallest absolute Gasteiger partial charge is 0.268 e. The van der Waals surface area contributed by atoms with Gasteiger partial charge >= 0.3 is 0 Å². The molecule has 0 bridgehead atoms. The van der Waals surface area contributed by atoms with E-state index in [2.05, 4.69) is 116 Å². The summed E-state index contributed by atoms with van der Waals surface area (Å²) < 4.78 is 23.5. The van der Waals surface area contributed by atoms with Crippen molar-refractivity contribution in [1.29, 1.82) is 0 Å². The third-order valence-electron chi connectivity index (χ3n) is 14.8. The first kappa shape index (κ1) is 77.4. The summed E-state index contributed by atoms with van der Waals surface area (Å²) in [4.78, 5) is 25.6. The van der Waals surface area contributed by atoms with Crippen LogP contribution in [0.25, 0.3) is 0 Å². The van der Waals surface area contributed by atoms with Crippen molar-refractivity contribution in [3.8, 4) is 0 Å². The highest BCUT2D eigenvalue weighted by Crippen LogP contribution is 2.38. The molecule has 0 heterocycles. The number of allylic oxidation sites excluding steroid dienone is 16. The normalized spacial score (nSPS) is 14.3. The molecule has 80 heavy (non-hydrogen) atoms. The zero-order chi connectivity index (χ0) is 58.4. The highest BCUT2D eigenvalue weighted by Gasteiger charge is 2.24. The number of aliphatic hydroxyl groups is 1. The van der Waals surface area contributed by atoms with E-state index in [9.17, 15) is 19.4 Å². The molecular formula is C71H129N2O6P. The van der Waals surface area contributed by atoms with E-state index in [0.717, 1.165) is 83.5 Å². The Morgan fingerprint density at radius 3 is 1.09 bits per heavy atom. The second kappa shape index (κ2) is 61.0. The molecule has 3 unspecified atom stereocenters. The van der Waals surface area contributed by atoms with Crippen LogP contribution in [0.5, 0.6) is 0 Å². The molecule has 464 valence electrons. The van der Waals surface area contributed by atoms with Crippen molar-refractivity contribution in [2.24, 2.45) is 0 Å². The van der Waals surface area contributed by atoms with E-state index in [1.165, 1.54) is 180 Å². The van der Waals surface area contributed by atoms with Gasteiger partial charge in [-0.15, -0.1) is 0 Å². The van der Waals surface area contributed by atoms with Gasteiger partial charge in [-0.25, -0.2) is 0 Å². The fourth-order valence-corrected chi connectivity index (χ4v) is 10.4. The zero-order valence-corrected chi connectivity index (χ0v) is 53.9. The summed E-state index contributed by atoms with van der Waals surface area (Å²) in [5, 5.41) is 14.1. The van der Waals surface area contributed by atoms with Gasteiger partial charge in [-0.2, -0.15) is 0 Å². The maximum Gasteiger partial charge on any atom is 0.268 e. The number of carbonyl (C=O) groups excluding carboxylic acids is 1. The van der Waals surface area contributed by atoms with Crippen LogP contribution in [0.15, 0.2) is 97.2 Å². The summed E-state index contributed by atoms with van der Waals surface area (Å²) >= 11 is 0. The molecule has 0 aliphatic heterocycles. The third-order valence-corrected chi connectivity index (χ3v) is 15.8. The first-order chi connectivity index (χ1) is 39.0. The molecule has 0 spiro atoms. The van der Waals surface area contributed by atoms with Gasteiger partial charge in [0.05, 0.1) is 39.9 Å². The lowest BCUT2D eigenvalue weighted by Crippen LogP contribution is -2.46. The maximum absolute atomic E-state index is 13.0. The van der Waals surface area contributed by atoms with Gasteiger partial charge in [0, 0.05) is 6.42 Å². The fraction of sp³-hybridized carbons (Fsp3) is 0.761. The topological polar surface area (TPSA) is 108 Å². The van der Waals surface area contributed by atoms with E-state index in [0.29, 0.717) is 30.3 Å². The van der Waals surface area contributed by atoms with Crippen molar-refractivity contribution in [3.63, 3.8) is 0 Å². The molecule has 0 aromatic heterocycles. The highest BCUT2D eigenvalue weighted by atomic mass is 31.2. The molecule has 3 atom stereocenters. The quantitative estimate of drug-likeness (QED) is 0.0272. The molecule has 0 saturated heterocycles. The molecular weight excluding hydrogens is 1010 g/mol. The number of phosphoric acid groups is 1. The van der Waals surface area contributed by atoms with E-state index in [1.54, 1.807) is 0 Å². The first-order valence-electron chi connectivity index (χ1n) is 33.6. The Bertz CT molecular complexity index is 1620. The number of unbranched alkanes of at least 4 members (excludes halogenated alkanes) is 32. The minimum atomic E-state index is -4.60. The Kier molecular flexibility index (Phi) is 59.0. The van der Waals surface area contributed by atoms with Crippen LogP contribution in [0, 0.1) is 0 Å². The molecule has 0 aromatic carbocycles. The average Bonchev–Trinajstić information content (AvgIpc) is 3.42. The van der Waals surface area contributed by atoms with Crippen molar-refractivity contribution >= 4 is 13.7 Å². The number of likely N-dealkylation sites (N-methyl/N-ethyl adjacent to an activating group) is 1. The van der Waals surface area contributed by atoms with Crippen LogP contribution in [-0.2, 0) is 18.4 Å². The van der Waals surface area contributed by atoms with Gasteiger partial charge < -0.3 is 28.8 Å². The standard InChI is InChI=1S/C71H129N2O6P/c1-6-8-10-12-14-16-18-20-22-24-26-28-30-32-34-35-36-37-39-40-42-44-46-48-50-52-54-56-58-60-62-64-70(74)69(68-79-80(76,77)78-67-66-73(3,4)5)72-71(75)65-63-61-59-57-55-53-51-49-47-45-43-41-38-33-31-29-27-25-23-21-19-17-15-13-11-9-7-2/h9,11,15,17,21,23,27,29,33,38,43,45,49,51,55,57,69-70,74H,6-8,10,12-14,16,18-20,22,24-26,28,30-32,34-37,39-42,44,46-48,50,52-54,56,58-68H2,1-5H3,(H-,72,75,76,77)/b11-9-,17-15-,23-21-,29-27-,38-33-,45-43-,51-49-,57-55-. The van der Waals surface area contributed by atoms with E-state index < -0.39 is 20.0 Å². The van der Waals surface area contributed by atoms with E-state index >= 15 is 0 Å². The number of amides is 1. The second-order valence-electron chi connectivity index (χ2n) is 23.8.